The maximum absolute atomic E-state index is 9.39. The summed E-state index contributed by atoms with van der Waals surface area (Å²) in [5.41, 5.74) is 3.34. The highest BCUT2D eigenvalue weighted by Crippen LogP contribution is 2.25. The van der Waals surface area contributed by atoms with Gasteiger partial charge in [0.1, 0.15) is 0 Å². The molecular weight excluding hydrogens is 224 g/mol. The SMILES string of the molecule is COc1cc(/C=N/Nc2nn[nH]n2)ccc1O. The van der Waals surface area contributed by atoms with Crippen molar-refractivity contribution in [2.45, 2.75) is 0 Å². The van der Waals surface area contributed by atoms with Crippen molar-refractivity contribution in [1.82, 2.24) is 20.6 Å². The zero-order valence-electron chi connectivity index (χ0n) is 8.95. The summed E-state index contributed by atoms with van der Waals surface area (Å²) in [5, 5.41) is 26.2. The monoisotopic (exact) mass is 234 g/mol. The van der Waals surface area contributed by atoms with Gasteiger partial charge in [-0.1, -0.05) is 5.10 Å². The third kappa shape index (κ3) is 2.68. The van der Waals surface area contributed by atoms with Gasteiger partial charge in [-0.2, -0.15) is 10.3 Å². The molecule has 0 saturated carbocycles. The fourth-order valence-corrected chi connectivity index (χ4v) is 1.15. The minimum atomic E-state index is 0.0794. The van der Waals surface area contributed by atoms with E-state index < -0.39 is 0 Å². The Morgan fingerprint density at radius 1 is 1.53 bits per heavy atom. The van der Waals surface area contributed by atoms with Crippen LogP contribution in [-0.4, -0.2) is 39.1 Å². The molecule has 0 atom stereocenters. The molecule has 0 radical (unpaired) electrons. The summed E-state index contributed by atoms with van der Waals surface area (Å²) in [7, 11) is 1.48. The van der Waals surface area contributed by atoms with Gasteiger partial charge in [0.25, 0.3) is 5.95 Å². The van der Waals surface area contributed by atoms with Crippen molar-refractivity contribution in [1.29, 1.82) is 0 Å². The van der Waals surface area contributed by atoms with Crippen LogP contribution in [0.1, 0.15) is 5.56 Å². The van der Waals surface area contributed by atoms with Gasteiger partial charge in [-0.25, -0.2) is 5.43 Å². The molecule has 0 unspecified atom stereocenters. The number of aromatic amines is 1. The first-order valence-electron chi connectivity index (χ1n) is 4.69. The Morgan fingerprint density at radius 2 is 2.41 bits per heavy atom. The zero-order valence-corrected chi connectivity index (χ0v) is 8.95. The molecule has 1 aromatic heterocycles. The van der Waals surface area contributed by atoms with Crippen LogP contribution in [0.5, 0.6) is 11.5 Å². The summed E-state index contributed by atoms with van der Waals surface area (Å²) >= 11 is 0. The van der Waals surface area contributed by atoms with Gasteiger partial charge in [-0.3, -0.25) is 0 Å². The van der Waals surface area contributed by atoms with Gasteiger partial charge in [0.05, 0.1) is 13.3 Å². The summed E-state index contributed by atoms with van der Waals surface area (Å²) in [5.74, 6) is 0.733. The van der Waals surface area contributed by atoms with E-state index in [2.05, 4.69) is 31.2 Å². The Balaban J connectivity index is 2.05. The lowest BCUT2D eigenvalue weighted by Gasteiger charge is -2.03. The summed E-state index contributed by atoms with van der Waals surface area (Å²) in [4.78, 5) is 0. The highest BCUT2D eigenvalue weighted by molar-refractivity contribution is 5.81. The molecule has 88 valence electrons. The number of hydrogen-bond acceptors (Lipinski definition) is 7. The summed E-state index contributed by atoms with van der Waals surface area (Å²) in [6.45, 7) is 0. The molecule has 0 aliphatic carbocycles. The second kappa shape index (κ2) is 4.92. The van der Waals surface area contributed by atoms with Crippen molar-refractivity contribution >= 4 is 12.2 Å². The maximum atomic E-state index is 9.39. The first kappa shape index (κ1) is 10.9. The van der Waals surface area contributed by atoms with Gasteiger partial charge < -0.3 is 9.84 Å². The number of benzene rings is 1. The molecule has 0 aliphatic heterocycles. The van der Waals surface area contributed by atoms with E-state index >= 15 is 0 Å². The summed E-state index contributed by atoms with van der Waals surface area (Å²) in [6.07, 6.45) is 1.54. The molecule has 3 N–H and O–H groups in total. The second-order valence-corrected chi connectivity index (χ2v) is 3.04. The fraction of sp³-hybridized carbons (Fsp3) is 0.111. The standard InChI is InChI=1S/C9H10N6O2/c1-17-8-4-6(2-3-7(8)16)5-10-11-9-12-14-15-13-9/h2-5,16H,1H3,(H2,11,12,13,14,15)/b10-5+. The molecule has 0 bridgehead atoms. The molecule has 2 aromatic rings. The quantitative estimate of drug-likeness (QED) is 0.520. The van der Waals surface area contributed by atoms with Crippen molar-refractivity contribution in [3.05, 3.63) is 23.8 Å². The van der Waals surface area contributed by atoms with E-state index in [1.165, 1.54) is 13.2 Å². The minimum Gasteiger partial charge on any atom is -0.504 e. The average molecular weight is 234 g/mol. The van der Waals surface area contributed by atoms with Gasteiger partial charge in [-0.15, -0.1) is 5.10 Å². The van der Waals surface area contributed by atoms with Crippen LogP contribution in [0, 0.1) is 0 Å². The van der Waals surface area contributed by atoms with Crippen LogP contribution in [-0.2, 0) is 0 Å². The number of hydrazone groups is 1. The molecule has 0 saturated heterocycles. The summed E-state index contributed by atoms with van der Waals surface area (Å²) in [6, 6.07) is 4.87. The second-order valence-electron chi connectivity index (χ2n) is 3.04. The number of H-pyrrole nitrogens is 1. The molecular formula is C9H10N6O2. The number of anilines is 1. The topological polar surface area (TPSA) is 108 Å². The fourth-order valence-electron chi connectivity index (χ4n) is 1.15. The van der Waals surface area contributed by atoms with Gasteiger partial charge in [0, 0.05) is 0 Å². The first-order valence-corrected chi connectivity index (χ1v) is 4.69. The van der Waals surface area contributed by atoms with E-state index in [4.69, 9.17) is 4.74 Å². The van der Waals surface area contributed by atoms with Crippen molar-refractivity contribution in [3.8, 4) is 11.5 Å². The normalized spacial score (nSPS) is 10.6. The van der Waals surface area contributed by atoms with Gasteiger partial charge in [0.2, 0.25) is 0 Å². The van der Waals surface area contributed by atoms with Crippen molar-refractivity contribution in [3.63, 3.8) is 0 Å². The van der Waals surface area contributed by atoms with Gasteiger partial charge in [0.15, 0.2) is 11.5 Å². The Labute approximate surface area is 96.3 Å². The molecule has 8 heteroatoms. The Hall–Kier alpha value is -2.64. The van der Waals surface area contributed by atoms with E-state index in [1.54, 1.807) is 18.3 Å². The molecule has 0 aliphatic rings. The van der Waals surface area contributed by atoms with Crippen LogP contribution < -0.4 is 10.2 Å². The van der Waals surface area contributed by atoms with E-state index in [-0.39, 0.29) is 11.7 Å². The largest absolute Gasteiger partial charge is 0.504 e. The number of phenolic OH excluding ortho intramolecular Hbond substituents is 1. The lowest BCUT2D eigenvalue weighted by molar-refractivity contribution is 0.373. The maximum Gasteiger partial charge on any atom is 0.283 e. The molecule has 0 amide bonds. The average Bonchev–Trinajstić information content (AvgIpc) is 2.84. The number of rotatable bonds is 4. The number of phenols is 1. The van der Waals surface area contributed by atoms with Crippen LogP contribution in [0.25, 0.3) is 0 Å². The van der Waals surface area contributed by atoms with Crippen LogP contribution in [0.3, 0.4) is 0 Å². The van der Waals surface area contributed by atoms with E-state index in [9.17, 15) is 5.11 Å². The van der Waals surface area contributed by atoms with Gasteiger partial charge in [-0.05, 0) is 29.0 Å². The molecule has 1 heterocycles. The minimum absolute atomic E-state index is 0.0794. The number of aromatic nitrogens is 4. The molecule has 0 fully saturated rings. The zero-order chi connectivity index (χ0) is 12.1. The number of nitrogens with one attached hydrogen (secondary N) is 2. The van der Waals surface area contributed by atoms with Crippen molar-refractivity contribution < 1.29 is 9.84 Å². The third-order valence-corrected chi connectivity index (χ3v) is 1.93. The molecule has 1 aromatic carbocycles. The molecule has 2 rings (SSSR count). The van der Waals surface area contributed by atoms with Crippen molar-refractivity contribution in [2.24, 2.45) is 5.10 Å². The van der Waals surface area contributed by atoms with Crippen LogP contribution >= 0.6 is 0 Å². The highest BCUT2D eigenvalue weighted by Gasteiger charge is 2.00. The Morgan fingerprint density at radius 3 is 3.12 bits per heavy atom. The number of ether oxygens (including phenoxy) is 1. The first-order chi connectivity index (χ1) is 8.29. The molecule has 17 heavy (non-hydrogen) atoms. The Bertz CT molecular complexity index is 510. The predicted molar refractivity (Wildman–Crippen MR) is 60.1 cm³/mol. The molecule has 0 spiro atoms. The Kier molecular flexibility index (Phi) is 3.15. The number of methoxy groups -OCH3 is 1. The van der Waals surface area contributed by atoms with Crippen molar-refractivity contribution in [2.75, 3.05) is 12.5 Å². The lowest BCUT2D eigenvalue weighted by atomic mass is 10.2. The number of aromatic hydroxyl groups is 1. The third-order valence-electron chi connectivity index (χ3n) is 1.93. The van der Waals surface area contributed by atoms with E-state index in [0.29, 0.717) is 5.75 Å². The predicted octanol–water partition coefficient (Wildman–Crippen LogP) is 0.360. The number of hydrogen-bond donors (Lipinski definition) is 3. The number of nitrogens with zero attached hydrogens (tertiary/aromatic N) is 4. The van der Waals surface area contributed by atoms with Crippen LogP contribution in [0.4, 0.5) is 5.95 Å². The number of tetrazole rings is 1. The smallest absolute Gasteiger partial charge is 0.283 e. The van der Waals surface area contributed by atoms with Gasteiger partial charge >= 0.3 is 0 Å². The summed E-state index contributed by atoms with van der Waals surface area (Å²) < 4.78 is 4.97. The molecule has 8 nitrogen and oxygen atoms in total. The van der Waals surface area contributed by atoms with Crippen LogP contribution in [0.2, 0.25) is 0 Å². The van der Waals surface area contributed by atoms with Crippen LogP contribution in [0.15, 0.2) is 23.3 Å². The highest BCUT2D eigenvalue weighted by atomic mass is 16.5. The van der Waals surface area contributed by atoms with E-state index in [0.717, 1.165) is 5.56 Å². The lowest BCUT2D eigenvalue weighted by Crippen LogP contribution is -1.93. The van der Waals surface area contributed by atoms with E-state index in [1.807, 2.05) is 0 Å².